The Hall–Kier alpha value is -1.39. The van der Waals surface area contributed by atoms with Crippen LogP contribution >= 0.6 is 0 Å². The number of likely N-dealkylation sites (N-methyl/N-ethyl adjacent to an activating group) is 1. The fourth-order valence-corrected chi connectivity index (χ4v) is 2.78. The van der Waals surface area contributed by atoms with Crippen LogP contribution in [0.2, 0.25) is 0 Å². The van der Waals surface area contributed by atoms with Crippen LogP contribution in [0.15, 0.2) is 18.2 Å². The first-order chi connectivity index (χ1) is 8.04. The van der Waals surface area contributed by atoms with Gasteiger partial charge in [0.25, 0.3) is 0 Å². The van der Waals surface area contributed by atoms with E-state index in [0.29, 0.717) is 4.48 Å². The molecule has 4 nitrogen and oxygen atoms in total. The SMILES string of the molecule is CCC[N+]1(C)C(=O)C(C)c2ccc(NN)cc21. The monoisotopic (exact) mass is 234 g/mol. The maximum atomic E-state index is 12.4. The third-order valence-electron chi connectivity index (χ3n) is 3.72. The number of nitrogens with two attached hydrogens (primary N) is 1. The van der Waals surface area contributed by atoms with Gasteiger partial charge in [0.05, 0.1) is 19.3 Å². The minimum atomic E-state index is -0.0200. The Morgan fingerprint density at radius 2 is 2.18 bits per heavy atom. The summed E-state index contributed by atoms with van der Waals surface area (Å²) in [6.07, 6.45) is 0.981. The molecular weight excluding hydrogens is 214 g/mol. The van der Waals surface area contributed by atoms with E-state index in [1.54, 1.807) is 0 Å². The van der Waals surface area contributed by atoms with Gasteiger partial charge in [-0.2, -0.15) is 0 Å². The number of nitrogens with zero attached hydrogens (tertiary/aromatic N) is 1. The first kappa shape index (κ1) is 12.1. The quantitative estimate of drug-likeness (QED) is 0.477. The van der Waals surface area contributed by atoms with Crippen LogP contribution in [0.5, 0.6) is 0 Å². The van der Waals surface area contributed by atoms with Crippen molar-refractivity contribution < 1.29 is 4.79 Å². The number of rotatable bonds is 3. The van der Waals surface area contributed by atoms with E-state index >= 15 is 0 Å². The number of nitrogens with one attached hydrogen (secondary N) is 1. The van der Waals surface area contributed by atoms with E-state index in [4.69, 9.17) is 5.84 Å². The third-order valence-corrected chi connectivity index (χ3v) is 3.72. The Bertz CT molecular complexity index is 458. The zero-order valence-corrected chi connectivity index (χ0v) is 10.7. The molecule has 4 heteroatoms. The van der Waals surface area contributed by atoms with Crippen molar-refractivity contribution in [1.82, 2.24) is 4.48 Å². The fourth-order valence-electron chi connectivity index (χ4n) is 2.78. The van der Waals surface area contributed by atoms with Crippen LogP contribution in [-0.4, -0.2) is 19.5 Å². The van der Waals surface area contributed by atoms with Gasteiger partial charge >= 0.3 is 5.91 Å². The van der Waals surface area contributed by atoms with E-state index in [1.165, 1.54) is 0 Å². The van der Waals surface area contributed by atoms with Gasteiger partial charge in [-0.15, -0.1) is 0 Å². The summed E-state index contributed by atoms with van der Waals surface area (Å²) in [7, 11) is 1.99. The van der Waals surface area contributed by atoms with Gasteiger partial charge in [0.15, 0.2) is 0 Å². The van der Waals surface area contributed by atoms with Gasteiger partial charge in [-0.1, -0.05) is 13.0 Å². The summed E-state index contributed by atoms with van der Waals surface area (Å²) >= 11 is 0. The summed E-state index contributed by atoms with van der Waals surface area (Å²) in [4.78, 5) is 12.4. The molecule has 0 aromatic heterocycles. The molecule has 0 fully saturated rings. The molecule has 92 valence electrons. The molecule has 0 aliphatic carbocycles. The number of fused-ring (bicyclic) bond motifs is 1. The Labute approximate surface area is 102 Å². The molecule has 0 saturated heterocycles. The zero-order chi connectivity index (χ0) is 12.6. The number of hydrogen-bond donors (Lipinski definition) is 2. The van der Waals surface area contributed by atoms with Crippen LogP contribution < -0.4 is 15.8 Å². The standard InChI is InChI=1S/C13H20N3O/c1-4-7-16(3)12-8-10(15-14)5-6-11(12)9(2)13(16)17/h5-6,8-9,15H,4,7,14H2,1-3H3/q+1. The van der Waals surface area contributed by atoms with Crippen molar-refractivity contribution in [2.45, 2.75) is 26.2 Å². The second-order valence-electron chi connectivity index (χ2n) is 4.89. The first-order valence-corrected chi connectivity index (χ1v) is 6.05. The highest BCUT2D eigenvalue weighted by Crippen LogP contribution is 2.42. The van der Waals surface area contributed by atoms with E-state index in [2.05, 4.69) is 12.3 Å². The number of carbonyl (C=O) groups is 1. The molecule has 1 aliphatic heterocycles. The Balaban J connectivity index is 2.57. The van der Waals surface area contributed by atoms with Crippen molar-refractivity contribution in [2.75, 3.05) is 19.0 Å². The van der Waals surface area contributed by atoms with Crippen LogP contribution in [0.1, 0.15) is 31.7 Å². The Kier molecular flexibility index (Phi) is 2.93. The highest BCUT2D eigenvalue weighted by molar-refractivity contribution is 6.00. The summed E-state index contributed by atoms with van der Waals surface area (Å²) in [6.45, 7) is 4.92. The molecule has 1 aromatic rings. The molecule has 1 amide bonds. The van der Waals surface area contributed by atoms with Crippen molar-refractivity contribution in [1.29, 1.82) is 0 Å². The van der Waals surface area contributed by atoms with Crippen LogP contribution in [0.25, 0.3) is 0 Å². The molecule has 3 N–H and O–H groups in total. The van der Waals surface area contributed by atoms with Gasteiger partial charge in [-0.05, 0) is 19.4 Å². The highest BCUT2D eigenvalue weighted by Gasteiger charge is 2.47. The lowest BCUT2D eigenvalue weighted by Gasteiger charge is -2.27. The predicted molar refractivity (Wildman–Crippen MR) is 70.6 cm³/mol. The van der Waals surface area contributed by atoms with Gasteiger partial charge in [0, 0.05) is 11.6 Å². The number of anilines is 1. The first-order valence-electron chi connectivity index (χ1n) is 6.05. The molecule has 2 atom stereocenters. The van der Waals surface area contributed by atoms with Gasteiger partial charge in [0.2, 0.25) is 0 Å². The average Bonchev–Trinajstić information content (AvgIpc) is 2.52. The summed E-state index contributed by atoms with van der Waals surface area (Å²) in [5, 5.41) is 0. The summed E-state index contributed by atoms with van der Waals surface area (Å²) in [5.41, 5.74) is 5.71. The molecule has 1 aromatic carbocycles. The van der Waals surface area contributed by atoms with E-state index in [9.17, 15) is 4.79 Å². The van der Waals surface area contributed by atoms with Gasteiger partial charge in [0.1, 0.15) is 11.6 Å². The maximum absolute atomic E-state index is 12.4. The average molecular weight is 234 g/mol. The molecule has 1 aliphatic rings. The summed E-state index contributed by atoms with van der Waals surface area (Å²) < 4.78 is 0.391. The second-order valence-corrected chi connectivity index (χ2v) is 4.89. The molecule has 0 radical (unpaired) electrons. The van der Waals surface area contributed by atoms with E-state index in [0.717, 1.165) is 29.9 Å². The molecule has 2 unspecified atom stereocenters. The normalized spacial score (nSPS) is 27.1. The van der Waals surface area contributed by atoms with Gasteiger partial charge in [-0.25, -0.2) is 9.28 Å². The van der Waals surface area contributed by atoms with Crippen molar-refractivity contribution in [2.24, 2.45) is 5.84 Å². The lowest BCUT2D eigenvalue weighted by atomic mass is 10.0. The number of carbonyl (C=O) groups excluding carboxylic acids is 1. The molecule has 2 rings (SSSR count). The number of hydrogen-bond acceptors (Lipinski definition) is 3. The van der Waals surface area contributed by atoms with Crippen LogP contribution in [0.3, 0.4) is 0 Å². The van der Waals surface area contributed by atoms with Crippen LogP contribution in [-0.2, 0) is 4.79 Å². The molecule has 17 heavy (non-hydrogen) atoms. The Morgan fingerprint density at radius 1 is 1.47 bits per heavy atom. The smallest absolute Gasteiger partial charge is 0.324 e. The zero-order valence-electron chi connectivity index (χ0n) is 10.7. The van der Waals surface area contributed by atoms with Gasteiger partial charge < -0.3 is 5.43 Å². The van der Waals surface area contributed by atoms with Crippen LogP contribution in [0.4, 0.5) is 11.4 Å². The van der Waals surface area contributed by atoms with Crippen LogP contribution in [0, 0.1) is 0 Å². The number of nitrogen functional groups attached to an aromatic ring is 1. The molecule has 0 saturated carbocycles. The number of amides is 1. The molecule has 1 heterocycles. The van der Waals surface area contributed by atoms with Crippen molar-refractivity contribution in [3.8, 4) is 0 Å². The Morgan fingerprint density at radius 3 is 2.76 bits per heavy atom. The minimum Gasteiger partial charge on any atom is -0.324 e. The van der Waals surface area contributed by atoms with E-state index in [1.807, 2.05) is 32.2 Å². The predicted octanol–water partition coefficient (Wildman–Crippen LogP) is 1.96. The fraction of sp³-hybridized carbons (Fsp3) is 0.462. The number of hydrazine groups is 1. The highest BCUT2D eigenvalue weighted by atomic mass is 16.2. The van der Waals surface area contributed by atoms with E-state index < -0.39 is 0 Å². The summed E-state index contributed by atoms with van der Waals surface area (Å²) in [5.74, 6) is 5.69. The van der Waals surface area contributed by atoms with Crippen molar-refractivity contribution in [3.05, 3.63) is 23.8 Å². The summed E-state index contributed by atoms with van der Waals surface area (Å²) in [6, 6.07) is 5.92. The lowest BCUT2D eigenvalue weighted by molar-refractivity contribution is -0.129. The van der Waals surface area contributed by atoms with Crippen molar-refractivity contribution in [3.63, 3.8) is 0 Å². The molecule has 0 spiro atoms. The number of quaternary nitrogens is 1. The maximum Gasteiger partial charge on any atom is 0.325 e. The topological polar surface area (TPSA) is 55.1 Å². The molecule has 0 bridgehead atoms. The lowest BCUT2D eigenvalue weighted by Crippen LogP contribution is -2.49. The minimum absolute atomic E-state index is 0.0200. The van der Waals surface area contributed by atoms with Gasteiger partial charge in [-0.3, -0.25) is 5.84 Å². The second kappa shape index (κ2) is 4.13. The number of benzene rings is 1. The van der Waals surface area contributed by atoms with Crippen molar-refractivity contribution >= 4 is 17.3 Å². The third kappa shape index (κ3) is 1.64. The van der Waals surface area contributed by atoms with E-state index in [-0.39, 0.29) is 11.8 Å². The molecular formula is C13H20N3O+. The largest absolute Gasteiger partial charge is 0.325 e.